The molecule has 1 saturated heterocycles. The summed E-state index contributed by atoms with van der Waals surface area (Å²) in [5.41, 5.74) is 0. The van der Waals surface area contributed by atoms with Gasteiger partial charge in [0.05, 0.1) is 0 Å². The first-order chi connectivity index (χ1) is 8.74. The maximum absolute atomic E-state index is 4.23. The molecule has 1 unspecified atom stereocenters. The van der Waals surface area contributed by atoms with E-state index in [2.05, 4.69) is 39.1 Å². The Bertz CT molecular complexity index is 316. The Labute approximate surface area is 110 Å². The van der Waals surface area contributed by atoms with E-state index >= 15 is 0 Å². The number of aromatic nitrogens is 2. The number of rotatable bonds is 6. The Kier molecular flexibility index (Phi) is 5.16. The van der Waals surface area contributed by atoms with Crippen LogP contribution in [-0.4, -0.2) is 72.1 Å². The van der Waals surface area contributed by atoms with Crippen molar-refractivity contribution in [2.75, 3.05) is 46.3 Å². The van der Waals surface area contributed by atoms with E-state index in [1.807, 2.05) is 12.4 Å². The third-order valence-electron chi connectivity index (χ3n) is 3.54. The predicted octanol–water partition coefficient (Wildman–Crippen LogP) is 0.178. The molecule has 0 radical (unpaired) electrons. The molecule has 5 heteroatoms. The second-order valence-electron chi connectivity index (χ2n) is 5.24. The van der Waals surface area contributed by atoms with E-state index in [4.69, 9.17) is 0 Å². The van der Waals surface area contributed by atoms with Crippen LogP contribution >= 0.6 is 0 Å². The van der Waals surface area contributed by atoms with Crippen molar-refractivity contribution in [3.05, 3.63) is 18.2 Å². The monoisotopic (exact) mass is 251 g/mol. The van der Waals surface area contributed by atoms with E-state index in [9.17, 15) is 0 Å². The summed E-state index contributed by atoms with van der Waals surface area (Å²) in [5.74, 6) is 1.06. The number of nitrogens with one attached hydrogen (secondary N) is 2. The van der Waals surface area contributed by atoms with Gasteiger partial charge in [0.2, 0.25) is 0 Å². The van der Waals surface area contributed by atoms with Gasteiger partial charge in [-0.05, 0) is 14.0 Å². The van der Waals surface area contributed by atoms with Gasteiger partial charge in [-0.15, -0.1) is 0 Å². The van der Waals surface area contributed by atoms with Gasteiger partial charge in [0.15, 0.2) is 0 Å². The van der Waals surface area contributed by atoms with Crippen LogP contribution in [0, 0.1) is 0 Å². The van der Waals surface area contributed by atoms with Gasteiger partial charge in [0.1, 0.15) is 5.82 Å². The molecule has 2 N–H and O–H groups in total. The summed E-state index contributed by atoms with van der Waals surface area (Å²) in [5, 5.41) is 3.56. The first-order valence-corrected chi connectivity index (χ1v) is 6.86. The van der Waals surface area contributed by atoms with Crippen LogP contribution in [-0.2, 0) is 6.42 Å². The maximum atomic E-state index is 4.23. The molecule has 0 aromatic carbocycles. The Morgan fingerprint density at radius 3 is 2.83 bits per heavy atom. The number of hydrogen-bond acceptors (Lipinski definition) is 4. The van der Waals surface area contributed by atoms with Crippen LogP contribution < -0.4 is 5.32 Å². The number of likely N-dealkylation sites (N-methyl/N-ethyl adjacent to an activating group) is 1. The molecule has 0 bridgehead atoms. The van der Waals surface area contributed by atoms with Crippen molar-refractivity contribution in [3.8, 4) is 0 Å². The zero-order valence-corrected chi connectivity index (χ0v) is 11.5. The largest absolute Gasteiger partial charge is 0.349 e. The Balaban J connectivity index is 1.58. The van der Waals surface area contributed by atoms with E-state index in [0.29, 0.717) is 6.04 Å². The van der Waals surface area contributed by atoms with Crippen molar-refractivity contribution in [1.82, 2.24) is 25.1 Å². The number of imidazole rings is 1. The molecule has 0 saturated carbocycles. The minimum atomic E-state index is 0.545. The minimum absolute atomic E-state index is 0.545. The molecule has 1 aromatic rings. The summed E-state index contributed by atoms with van der Waals surface area (Å²) in [6.45, 7) is 9.18. The van der Waals surface area contributed by atoms with Crippen LogP contribution in [0.25, 0.3) is 0 Å². The SMILES string of the molecule is CC(CN1CCN(C)CC1)NCCc1ncc[nH]1. The number of aromatic amines is 1. The van der Waals surface area contributed by atoms with Crippen molar-refractivity contribution >= 4 is 0 Å². The minimum Gasteiger partial charge on any atom is -0.349 e. The van der Waals surface area contributed by atoms with Crippen molar-refractivity contribution in [2.24, 2.45) is 0 Å². The molecule has 1 fully saturated rings. The Morgan fingerprint density at radius 2 is 2.17 bits per heavy atom. The highest BCUT2D eigenvalue weighted by atomic mass is 15.3. The van der Waals surface area contributed by atoms with Crippen LogP contribution in [0.1, 0.15) is 12.7 Å². The standard InChI is InChI=1S/C13H25N5/c1-12(11-18-9-7-17(2)8-10-18)14-4-3-13-15-5-6-16-13/h5-6,12,14H,3-4,7-11H2,1-2H3,(H,15,16). The smallest absolute Gasteiger partial charge is 0.107 e. The number of H-pyrrole nitrogens is 1. The van der Waals surface area contributed by atoms with Gasteiger partial charge in [0.25, 0.3) is 0 Å². The first kappa shape index (κ1) is 13.5. The average molecular weight is 251 g/mol. The van der Waals surface area contributed by atoms with Gasteiger partial charge in [-0.2, -0.15) is 0 Å². The summed E-state index contributed by atoms with van der Waals surface area (Å²) in [7, 11) is 2.20. The molecule has 2 heterocycles. The summed E-state index contributed by atoms with van der Waals surface area (Å²) in [6.07, 6.45) is 4.66. The molecular weight excluding hydrogens is 226 g/mol. The third-order valence-corrected chi connectivity index (χ3v) is 3.54. The highest BCUT2D eigenvalue weighted by molar-refractivity contribution is 4.87. The molecule has 0 spiro atoms. The van der Waals surface area contributed by atoms with Crippen molar-refractivity contribution in [3.63, 3.8) is 0 Å². The van der Waals surface area contributed by atoms with Gasteiger partial charge in [0, 0.05) is 64.1 Å². The van der Waals surface area contributed by atoms with Gasteiger partial charge in [-0.3, -0.25) is 4.90 Å². The normalized spacial score (nSPS) is 20.1. The molecule has 0 amide bonds. The summed E-state index contributed by atoms with van der Waals surface area (Å²) in [4.78, 5) is 12.3. The van der Waals surface area contributed by atoms with Gasteiger partial charge >= 0.3 is 0 Å². The van der Waals surface area contributed by atoms with E-state index in [1.54, 1.807) is 0 Å². The first-order valence-electron chi connectivity index (χ1n) is 6.86. The zero-order valence-electron chi connectivity index (χ0n) is 11.5. The lowest BCUT2D eigenvalue weighted by molar-refractivity contribution is 0.144. The molecular formula is C13H25N5. The summed E-state index contributed by atoms with van der Waals surface area (Å²) >= 11 is 0. The molecule has 1 aliphatic heterocycles. The molecule has 2 rings (SSSR count). The molecule has 1 aromatic heterocycles. The molecule has 1 aliphatic rings. The van der Waals surface area contributed by atoms with Gasteiger partial charge in [-0.25, -0.2) is 4.98 Å². The lowest BCUT2D eigenvalue weighted by Gasteiger charge is -2.34. The molecule has 102 valence electrons. The quantitative estimate of drug-likeness (QED) is 0.757. The lowest BCUT2D eigenvalue weighted by Crippen LogP contribution is -2.49. The van der Waals surface area contributed by atoms with E-state index < -0.39 is 0 Å². The van der Waals surface area contributed by atoms with E-state index in [-0.39, 0.29) is 0 Å². The van der Waals surface area contributed by atoms with Crippen LogP contribution in [0.15, 0.2) is 12.4 Å². The van der Waals surface area contributed by atoms with E-state index in [1.165, 1.54) is 26.2 Å². The fourth-order valence-electron chi connectivity index (χ4n) is 2.35. The Morgan fingerprint density at radius 1 is 1.39 bits per heavy atom. The van der Waals surface area contributed by atoms with Gasteiger partial charge in [-0.1, -0.05) is 0 Å². The number of hydrogen-bond donors (Lipinski definition) is 2. The Hall–Kier alpha value is -0.910. The molecule has 18 heavy (non-hydrogen) atoms. The van der Waals surface area contributed by atoms with Crippen LogP contribution in [0.3, 0.4) is 0 Å². The number of nitrogens with zero attached hydrogens (tertiary/aromatic N) is 3. The average Bonchev–Trinajstić information content (AvgIpc) is 2.85. The third kappa shape index (κ3) is 4.40. The number of piperazine rings is 1. The van der Waals surface area contributed by atoms with Crippen LogP contribution in [0.2, 0.25) is 0 Å². The lowest BCUT2D eigenvalue weighted by atomic mass is 10.2. The molecule has 5 nitrogen and oxygen atoms in total. The molecule has 0 aliphatic carbocycles. The molecule has 1 atom stereocenters. The van der Waals surface area contributed by atoms with Crippen molar-refractivity contribution in [2.45, 2.75) is 19.4 Å². The zero-order chi connectivity index (χ0) is 12.8. The van der Waals surface area contributed by atoms with Crippen molar-refractivity contribution in [1.29, 1.82) is 0 Å². The topological polar surface area (TPSA) is 47.2 Å². The second kappa shape index (κ2) is 6.87. The fraction of sp³-hybridized carbons (Fsp3) is 0.769. The van der Waals surface area contributed by atoms with Gasteiger partial charge < -0.3 is 15.2 Å². The highest BCUT2D eigenvalue weighted by Gasteiger charge is 2.15. The summed E-state index contributed by atoms with van der Waals surface area (Å²) < 4.78 is 0. The maximum Gasteiger partial charge on any atom is 0.107 e. The fourth-order valence-corrected chi connectivity index (χ4v) is 2.35. The second-order valence-corrected chi connectivity index (χ2v) is 5.24. The van der Waals surface area contributed by atoms with Crippen LogP contribution in [0.5, 0.6) is 0 Å². The summed E-state index contributed by atoms with van der Waals surface area (Å²) in [6, 6.07) is 0.545. The van der Waals surface area contributed by atoms with Crippen molar-refractivity contribution < 1.29 is 0 Å². The van der Waals surface area contributed by atoms with Crippen LogP contribution in [0.4, 0.5) is 0 Å². The predicted molar refractivity (Wildman–Crippen MR) is 73.7 cm³/mol. The van der Waals surface area contributed by atoms with E-state index in [0.717, 1.165) is 25.3 Å². The highest BCUT2D eigenvalue weighted by Crippen LogP contribution is 2.00.